The van der Waals surface area contributed by atoms with Crippen LogP contribution in [0.25, 0.3) is 0 Å². The van der Waals surface area contributed by atoms with Crippen molar-refractivity contribution in [2.24, 2.45) is 11.8 Å². The first-order chi connectivity index (χ1) is 17.4. The van der Waals surface area contributed by atoms with Crippen LogP contribution in [0.15, 0.2) is 48.5 Å². The molecule has 10 heteroatoms. The number of nitrogens with one attached hydrogen (secondary N) is 1. The number of nitro benzene ring substituents is 1. The van der Waals surface area contributed by atoms with Crippen LogP contribution in [0.4, 0.5) is 10.1 Å². The fraction of sp³-hybridized carbons (Fsp3) is 0.423. The van der Waals surface area contributed by atoms with E-state index < -0.39 is 40.6 Å². The highest BCUT2D eigenvalue weighted by Gasteiger charge is 2.58. The number of rotatable bonds is 4. The van der Waals surface area contributed by atoms with Crippen LogP contribution in [0.3, 0.4) is 0 Å². The monoisotopic (exact) mass is 494 g/mol. The summed E-state index contributed by atoms with van der Waals surface area (Å²) in [7, 11) is 0. The number of likely N-dealkylation sites (tertiary alicyclic amines) is 1. The highest BCUT2D eigenvalue weighted by atomic mass is 19.1. The first-order valence-corrected chi connectivity index (χ1v) is 12.2. The van der Waals surface area contributed by atoms with Crippen LogP contribution in [0.5, 0.6) is 0 Å². The topological polar surface area (TPSA) is 113 Å². The Morgan fingerprint density at radius 1 is 1.08 bits per heavy atom. The summed E-state index contributed by atoms with van der Waals surface area (Å²) in [5, 5.41) is 14.7. The molecule has 2 aliphatic heterocycles. The molecule has 2 heterocycles. The van der Waals surface area contributed by atoms with Crippen LogP contribution in [0.1, 0.15) is 41.2 Å². The number of nitrogens with zero attached hydrogens (tertiary/aromatic N) is 3. The summed E-state index contributed by atoms with van der Waals surface area (Å²) >= 11 is 0. The minimum Gasteiger partial charge on any atom is -0.338 e. The molecule has 0 spiro atoms. The lowest BCUT2D eigenvalue weighted by Crippen LogP contribution is -2.55. The van der Waals surface area contributed by atoms with E-state index in [9.17, 15) is 28.9 Å². The minimum absolute atomic E-state index is 0.0598. The average Bonchev–Trinajstić information content (AvgIpc) is 3.25. The summed E-state index contributed by atoms with van der Waals surface area (Å²) in [6, 6.07) is 9.35. The second-order valence-corrected chi connectivity index (χ2v) is 9.59. The molecule has 2 aromatic carbocycles. The molecule has 1 saturated carbocycles. The van der Waals surface area contributed by atoms with E-state index in [1.54, 1.807) is 11.0 Å². The molecule has 36 heavy (non-hydrogen) atoms. The predicted octanol–water partition coefficient (Wildman–Crippen LogP) is 2.72. The van der Waals surface area contributed by atoms with Gasteiger partial charge in [0.1, 0.15) is 17.6 Å². The van der Waals surface area contributed by atoms with Gasteiger partial charge in [-0.05, 0) is 36.6 Å². The van der Waals surface area contributed by atoms with Crippen molar-refractivity contribution in [1.82, 2.24) is 15.1 Å². The van der Waals surface area contributed by atoms with Crippen molar-refractivity contribution in [3.63, 3.8) is 0 Å². The molecule has 0 bridgehead atoms. The summed E-state index contributed by atoms with van der Waals surface area (Å²) in [6.45, 7) is 2.20. The maximum atomic E-state index is 14.1. The smallest absolute Gasteiger partial charge is 0.269 e. The molecule has 5 rings (SSSR count). The molecule has 2 saturated heterocycles. The molecular formula is C26H27FN4O5. The van der Waals surface area contributed by atoms with E-state index >= 15 is 0 Å². The molecule has 3 fully saturated rings. The molecule has 0 aromatic heterocycles. The van der Waals surface area contributed by atoms with Crippen LogP contribution in [0, 0.1) is 27.8 Å². The van der Waals surface area contributed by atoms with Crippen LogP contribution in [0.2, 0.25) is 0 Å². The van der Waals surface area contributed by atoms with Crippen LogP contribution >= 0.6 is 0 Å². The Balaban J connectivity index is 1.66. The Morgan fingerprint density at radius 3 is 2.56 bits per heavy atom. The Kier molecular flexibility index (Phi) is 6.53. The summed E-state index contributed by atoms with van der Waals surface area (Å²) in [6.07, 6.45) is 1.51. The maximum Gasteiger partial charge on any atom is 0.269 e. The number of nitro groups is 1. The number of piperazine rings is 1. The number of hydrogen-bond acceptors (Lipinski definition) is 6. The number of non-ortho nitro benzene ring substituents is 1. The van der Waals surface area contributed by atoms with E-state index in [2.05, 4.69) is 5.32 Å². The molecule has 188 valence electrons. The number of fused-ring (bicyclic) bond motifs is 1. The number of benzene rings is 2. The third-order valence-corrected chi connectivity index (χ3v) is 7.55. The normalized spacial score (nSPS) is 26.0. The number of Topliss-reactive ketones (excluding diaryl/α,β-unsaturated/α-hetero) is 1. The molecule has 0 radical (unpaired) electrons. The third kappa shape index (κ3) is 4.26. The van der Waals surface area contributed by atoms with Crippen LogP contribution in [-0.2, 0) is 9.59 Å². The molecular weight excluding hydrogens is 467 g/mol. The summed E-state index contributed by atoms with van der Waals surface area (Å²) in [5.41, 5.74) is 0.326. The van der Waals surface area contributed by atoms with Gasteiger partial charge in [-0.3, -0.25) is 24.5 Å². The highest BCUT2D eigenvalue weighted by molar-refractivity contribution is 6.00. The Bertz CT molecular complexity index is 1210. The lowest BCUT2D eigenvalue weighted by Gasteiger charge is -2.36. The lowest BCUT2D eigenvalue weighted by molar-refractivity contribution is -0.385. The van der Waals surface area contributed by atoms with Crippen LogP contribution < -0.4 is 5.32 Å². The van der Waals surface area contributed by atoms with Crippen molar-refractivity contribution in [3.8, 4) is 0 Å². The SMILES string of the molecule is O=C1CCCC2C1C(c1cccc([N+](=O)[O-])c1)N(C(=O)c1cccc(F)c1)C2C(=O)N1CCNCC1. The molecule has 4 atom stereocenters. The van der Waals surface area contributed by atoms with Gasteiger partial charge in [-0.2, -0.15) is 0 Å². The van der Waals surface area contributed by atoms with Crippen molar-refractivity contribution in [2.45, 2.75) is 31.3 Å². The lowest BCUT2D eigenvalue weighted by atomic mass is 9.73. The fourth-order valence-corrected chi connectivity index (χ4v) is 6.00. The number of ketones is 1. The van der Waals surface area contributed by atoms with Gasteiger partial charge in [0.2, 0.25) is 5.91 Å². The van der Waals surface area contributed by atoms with E-state index in [1.807, 2.05) is 0 Å². The van der Waals surface area contributed by atoms with Crippen LogP contribution in [-0.4, -0.2) is 64.5 Å². The van der Waals surface area contributed by atoms with E-state index in [0.29, 0.717) is 51.0 Å². The van der Waals surface area contributed by atoms with Gasteiger partial charge in [0.15, 0.2) is 0 Å². The van der Waals surface area contributed by atoms with E-state index in [0.717, 1.165) is 6.07 Å². The van der Waals surface area contributed by atoms with Crippen molar-refractivity contribution in [2.75, 3.05) is 26.2 Å². The van der Waals surface area contributed by atoms with Gasteiger partial charge in [-0.25, -0.2) is 4.39 Å². The highest BCUT2D eigenvalue weighted by Crippen LogP contribution is 2.51. The van der Waals surface area contributed by atoms with Gasteiger partial charge in [0.25, 0.3) is 11.6 Å². The maximum absolute atomic E-state index is 14.1. The van der Waals surface area contributed by atoms with Gasteiger partial charge < -0.3 is 15.1 Å². The fourth-order valence-electron chi connectivity index (χ4n) is 6.00. The standard InChI is InChI=1S/C26H27FN4O5/c27-18-6-1-5-17(14-18)25(33)30-23(16-4-2-7-19(15-16)31(35)36)22-20(8-3-9-21(22)32)24(30)26(34)29-12-10-28-11-13-29/h1-2,4-7,14-15,20,22-24,28H,3,8-13H2. The van der Waals surface area contributed by atoms with Gasteiger partial charge in [-0.1, -0.05) is 18.2 Å². The van der Waals surface area contributed by atoms with Gasteiger partial charge >= 0.3 is 0 Å². The number of halogens is 1. The first-order valence-electron chi connectivity index (χ1n) is 12.2. The zero-order valence-electron chi connectivity index (χ0n) is 19.6. The molecule has 3 aliphatic rings. The summed E-state index contributed by atoms with van der Waals surface area (Å²) in [5.74, 6) is -2.55. The second-order valence-electron chi connectivity index (χ2n) is 9.59. The molecule has 2 aromatic rings. The molecule has 9 nitrogen and oxygen atoms in total. The Morgan fingerprint density at radius 2 is 1.83 bits per heavy atom. The number of carbonyl (C=O) groups excluding carboxylic acids is 3. The molecule has 4 unspecified atom stereocenters. The Labute approximate surface area is 207 Å². The van der Waals surface area contributed by atoms with Gasteiger partial charge in [0, 0.05) is 62.1 Å². The average molecular weight is 495 g/mol. The van der Waals surface area contributed by atoms with E-state index in [1.165, 1.54) is 41.3 Å². The van der Waals surface area contributed by atoms with Gasteiger partial charge in [0.05, 0.1) is 11.0 Å². The quantitative estimate of drug-likeness (QED) is 0.517. The van der Waals surface area contributed by atoms with Crippen molar-refractivity contribution in [1.29, 1.82) is 0 Å². The predicted molar refractivity (Wildman–Crippen MR) is 127 cm³/mol. The largest absolute Gasteiger partial charge is 0.338 e. The van der Waals surface area contributed by atoms with Crippen molar-refractivity contribution < 1.29 is 23.7 Å². The van der Waals surface area contributed by atoms with Gasteiger partial charge in [-0.15, -0.1) is 0 Å². The number of carbonyl (C=O) groups is 3. The third-order valence-electron chi connectivity index (χ3n) is 7.55. The minimum atomic E-state index is -0.919. The number of amides is 2. The molecule has 2 amide bonds. The zero-order valence-corrected chi connectivity index (χ0v) is 19.6. The first kappa shape index (κ1) is 24.1. The van der Waals surface area contributed by atoms with E-state index in [-0.39, 0.29) is 22.9 Å². The summed E-state index contributed by atoms with van der Waals surface area (Å²) in [4.78, 5) is 55.3. The molecule has 1 aliphatic carbocycles. The summed E-state index contributed by atoms with van der Waals surface area (Å²) < 4.78 is 14.1. The zero-order chi connectivity index (χ0) is 25.4. The van der Waals surface area contributed by atoms with Crippen molar-refractivity contribution >= 4 is 23.3 Å². The Hall–Kier alpha value is -3.66. The molecule has 1 N–H and O–H groups in total. The number of hydrogen-bond donors (Lipinski definition) is 1. The second kappa shape index (κ2) is 9.77. The van der Waals surface area contributed by atoms with Crippen molar-refractivity contribution in [3.05, 3.63) is 75.6 Å². The van der Waals surface area contributed by atoms with E-state index in [4.69, 9.17) is 0 Å².